The van der Waals surface area contributed by atoms with E-state index in [1.807, 2.05) is 6.08 Å². The lowest BCUT2D eigenvalue weighted by Crippen LogP contribution is -2.65. The molecule has 0 saturated carbocycles. The lowest BCUT2D eigenvalue weighted by atomic mass is 9.97. The van der Waals surface area contributed by atoms with E-state index >= 15 is 0 Å². The predicted octanol–water partition coefficient (Wildman–Crippen LogP) is 12.5. The molecule has 14 heteroatoms. The standard InChI is InChI=1S/C67H121NO13/c1-3-5-7-9-11-13-15-17-19-21-23-25-27-29-30-32-34-36-38-40-42-44-46-48-50-56(71)55(54-78-66-64(77)62(75)65(58(53-70)80-66)81-67-63(76)61(74)60(73)57(52-69)79-67)68-59(72)51-49-47-45-43-41-39-37-35-33-31-28-26-24-22-20-18-16-14-12-10-8-6-4-2/h16,18,22,24,32,34,40,42,48,50,55-58,60-67,69-71,73-77H,3-15,17,19-21,23,25-31,33,35-39,41,43-47,49,51-54H2,1-2H3,(H,68,72)/b18-16-,24-22-,34-32+,42-40+,50-48+. The number of hydrogen-bond acceptors (Lipinski definition) is 13. The molecular formula is C67H121NO13. The van der Waals surface area contributed by atoms with Crippen LogP contribution in [0.5, 0.6) is 0 Å². The fraction of sp³-hybridized carbons (Fsp3) is 0.836. The summed E-state index contributed by atoms with van der Waals surface area (Å²) in [4.78, 5) is 13.3. The SMILES string of the molecule is CCCCCCC/C=C\C/C=C\CCCCCCCCCCCCCC(=O)NC(COC1OC(CO)C(OC2OC(CO)C(O)C(O)C2O)C(O)C1O)C(O)/C=C/CC/C=C/CC/C=C/CCCCCCCCCCCCCCCC. The van der Waals surface area contributed by atoms with Crippen molar-refractivity contribution >= 4 is 5.91 Å². The molecule has 12 unspecified atom stereocenters. The Morgan fingerprint density at radius 1 is 0.444 bits per heavy atom. The molecule has 2 saturated heterocycles. The highest BCUT2D eigenvalue weighted by Gasteiger charge is 2.51. The van der Waals surface area contributed by atoms with Crippen LogP contribution in [0.25, 0.3) is 0 Å². The number of hydrogen-bond donors (Lipinski definition) is 9. The predicted molar refractivity (Wildman–Crippen MR) is 327 cm³/mol. The molecule has 2 heterocycles. The molecule has 12 atom stereocenters. The Kier molecular flexibility index (Phi) is 48.1. The molecule has 2 rings (SSSR count). The van der Waals surface area contributed by atoms with E-state index in [1.54, 1.807) is 6.08 Å². The molecule has 0 spiro atoms. The Morgan fingerprint density at radius 2 is 0.827 bits per heavy atom. The lowest BCUT2D eigenvalue weighted by molar-refractivity contribution is -0.359. The summed E-state index contributed by atoms with van der Waals surface area (Å²) in [5.41, 5.74) is 0. The summed E-state index contributed by atoms with van der Waals surface area (Å²) in [5, 5.41) is 87.3. The third-order valence-corrected chi connectivity index (χ3v) is 15.9. The van der Waals surface area contributed by atoms with E-state index in [0.717, 1.165) is 51.4 Å². The summed E-state index contributed by atoms with van der Waals surface area (Å²) < 4.78 is 22.8. The molecule has 0 aromatic heterocycles. The molecule has 9 N–H and O–H groups in total. The van der Waals surface area contributed by atoms with E-state index in [1.165, 1.54) is 180 Å². The molecule has 0 aromatic carbocycles. The van der Waals surface area contributed by atoms with Gasteiger partial charge in [0.2, 0.25) is 5.91 Å². The van der Waals surface area contributed by atoms with Gasteiger partial charge in [-0.05, 0) is 77.0 Å². The van der Waals surface area contributed by atoms with Crippen LogP contribution >= 0.6 is 0 Å². The summed E-state index contributed by atoms with van der Waals surface area (Å²) in [6, 6.07) is -0.942. The van der Waals surface area contributed by atoms with Crippen molar-refractivity contribution in [3.8, 4) is 0 Å². The minimum atomic E-state index is -1.79. The van der Waals surface area contributed by atoms with Gasteiger partial charge in [0.15, 0.2) is 12.6 Å². The normalized spacial score (nSPS) is 24.5. The van der Waals surface area contributed by atoms with Gasteiger partial charge >= 0.3 is 0 Å². The van der Waals surface area contributed by atoms with Crippen LogP contribution in [0.2, 0.25) is 0 Å². The largest absolute Gasteiger partial charge is 0.394 e. The van der Waals surface area contributed by atoms with Gasteiger partial charge in [-0.3, -0.25) is 4.79 Å². The second-order valence-corrected chi connectivity index (χ2v) is 23.2. The molecule has 0 aliphatic carbocycles. The van der Waals surface area contributed by atoms with Gasteiger partial charge in [-0.15, -0.1) is 0 Å². The summed E-state index contributed by atoms with van der Waals surface area (Å²) in [6.07, 6.45) is 51.2. The first-order valence-electron chi connectivity index (χ1n) is 33.0. The van der Waals surface area contributed by atoms with Crippen molar-refractivity contribution in [2.45, 2.75) is 338 Å². The highest BCUT2D eigenvalue weighted by Crippen LogP contribution is 2.30. The number of aliphatic hydroxyl groups is 8. The van der Waals surface area contributed by atoms with Crippen LogP contribution < -0.4 is 5.32 Å². The van der Waals surface area contributed by atoms with Gasteiger partial charge < -0.3 is 65.1 Å². The van der Waals surface area contributed by atoms with E-state index in [2.05, 4.69) is 67.8 Å². The zero-order chi connectivity index (χ0) is 58.8. The number of rotatable bonds is 53. The summed E-state index contributed by atoms with van der Waals surface area (Å²) in [6.45, 7) is 2.78. The minimum absolute atomic E-state index is 0.255. The average Bonchev–Trinajstić information content (AvgIpc) is 3.47. The van der Waals surface area contributed by atoms with Crippen molar-refractivity contribution in [3.63, 3.8) is 0 Å². The van der Waals surface area contributed by atoms with Crippen molar-refractivity contribution in [1.82, 2.24) is 5.32 Å². The maximum Gasteiger partial charge on any atom is 0.220 e. The van der Waals surface area contributed by atoms with Gasteiger partial charge in [-0.2, -0.15) is 0 Å². The highest BCUT2D eigenvalue weighted by molar-refractivity contribution is 5.76. The number of allylic oxidation sites excluding steroid dienone is 9. The Labute approximate surface area is 492 Å². The van der Waals surface area contributed by atoms with Gasteiger partial charge in [0, 0.05) is 6.42 Å². The Bertz CT molecular complexity index is 1590. The van der Waals surface area contributed by atoms with Crippen molar-refractivity contribution < 1.29 is 64.6 Å². The molecule has 472 valence electrons. The third-order valence-electron chi connectivity index (χ3n) is 15.9. The zero-order valence-corrected chi connectivity index (χ0v) is 51.0. The Balaban J connectivity index is 1.75. The number of unbranched alkanes of at least 4 members (excludes halogenated alkanes) is 32. The minimum Gasteiger partial charge on any atom is -0.394 e. The van der Waals surface area contributed by atoms with E-state index in [9.17, 15) is 45.6 Å². The first-order chi connectivity index (χ1) is 39.6. The van der Waals surface area contributed by atoms with Crippen LogP contribution in [0.4, 0.5) is 0 Å². The number of aliphatic hydroxyl groups excluding tert-OH is 8. The van der Waals surface area contributed by atoms with Crippen molar-refractivity contribution in [2.75, 3.05) is 19.8 Å². The molecule has 81 heavy (non-hydrogen) atoms. The monoisotopic (exact) mass is 1150 g/mol. The van der Waals surface area contributed by atoms with Crippen LogP contribution in [-0.4, -0.2) is 140 Å². The quantitative estimate of drug-likeness (QED) is 0.0204. The second kappa shape index (κ2) is 52.1. The van der Waals surface area contributed by atoms with Crippen LogP contribution in [0.1, 0.15) is 264 Å². The second-order valence-electron chi connectivity index (χ2n) is 23.2. The highest BCUT2D eigenvalue weighted by atomic mass is 16.7. The third kappa shape index (κ3) is 37.0. The van der Waals surface area contributed by atoms with Gasteiger partial charge in [0.05, 0.1) is 32.0 Å². The van der Waals surface area contributed by atoms with Crippen molar-refractivity contribution in [2.24, 2.45) is 0 Å². The first-order valence-corrected chi connectivity index (χ1v) is 33.0. The fourth-order valence-corrected chi connectivity index (χ4v) is 10.6. The van der Waals surface area contributed by atoms with Crippen LogP contribution in [0.15, 0.2) is 60.8 Å². The number of amides is 1. The first kappa shape index (κ1) is 74.8. The molecule has 0 radical (unpaired) electrons. The molecule has 1 amide bonds. The maximum atomic E-state index is 13.3. The van der Waals surface area contributed by atoms with Crippen LogP contribution in [0.3, 0.4) is 0 Å². The molecule has 0 aromatic rings. The maximum absolute atomic E-state index is 13.3. The van der Waals surface area contributed by atoms with Crippen molar-refractivity contribution in [1.29, 1.82) is 0 Å². The van der Waals surface area contributed by atoms with Gasteiger partial charge in [0.1, 0.15) is 48.8 Å². The van der Waals surface area contributed by atoms with Crippen LogP contribution in [-0.2, 0) is 23.7 Å². The Morgan fingerprint density at radius 3 is 1.28 bits per heavy atom. The topological polar surface area (TPSA) is 228 Å². The number of carbonyl (C=O) groups excluding carboxylic acids is 1. The van der Waals surface area contributed by atoms with E-state index in [-0.39, 0.29) is 18.9 Å². The van der Waals surface area contributed by atoms with E-state index < -0.39 is 86.8 Å². The number of ether oxygens (including phenoxy) is 4. The number of carbonyl (C=O) groups is 1. The molecule has 2 aliphatic rings. The molecule has 2 aliphatic heterocycles. The molecular weight excluding hydrogens is 1030 g/mol. The van der Waals surface area contributed by atoms with Gasteiger partial charge in [0.25, 0.3) is 0 Å². The summed E-state index contributed by atoms with van der Waals surface area (Å²) >= 11 is 0. The molecule has 0 bridgehead atoms. The molecule has 2 fully saturated rings. The fourth-order valence-electron chi connectivity index (χ4n) is 10.6. The van der Waals surface area contributed by atoms with Gasteiger partial charge in [-0.1, -0.05) is 242 Å². The average molecular weight is 1150 g/mol. The molecule has 14 nitrogen and oxygen atoms in total. The summed E-state index contributed by atoms with van der Waals surface area (Å²) in [5.74, 6) is -0.255. The smallest absolute Gasteiger partial charge is 0.220 e. The lowest BCUT2D eigenvalue weighted by Gasteiger charge is -2.46. The van der Waals surface area contributed by atoms with E-state index in [0.29, 0.717) is 12.8 Å². The van der Waals surface area contributed by atoms with Gasteiger partial charge in [-0.25, -0.2) is 0 Å². The van der Waals surface area contributed by atoms with Crippen LogP contribution in [0, 0.1) is 0 Å². The zero-order valence-electron chi connectivity index (χ0n) is 51.0. The number of nitrogens with one attached hydrogen (secondary N) is 1. The van der Waals surface area contributed by atoms with Crippen molar-refractivity contribution in [3.05, 3.63) is 60.8 Å². The Hall–Kier alpha value is -2.31. The summed E-state index contributed by atoms with van der Waals surface area (Å²) in [7, 11) is 0. The van der Waals surface area contributed by atoms with E-state index in [4.69, 9.17) is 18.9 Å².